The molecule has 0 saturated carbocycles. The summed E-state index contributed by atoms with van der Waals surface area (Å²) in [5.41, 5.74) is 0. The summed E-state index contributed by atoms with van der Waals surface area (Å²) in [4.78, 5) is 0. The Balaban J connectivity index is 2.32. The van der Waals surface area contributed by atoms with E-state index in [0.717, 1.165) is 0 Å². The minimum atomic E-state index is -0.0926. The Kier molecular flexibility index (Phi) is 4.19. The monoisotopic (exact) mass is 128 g/mol. The molecule has 0 saturated heterocycles. The van der Waals surface area contributed by atoms with E-state index in [1.54, 1.807) is 0 Å². The lowest BCUT2D eigenvalue weighted by Crippen LogP contribution is -0.870. The Morgan fingerprint density at radius 2 is 1.50 bits per heavy atom. The third kappa shape index (κ3) is 9.30. The van der Waals surface area contributed by atoms with Crippen molar-refractivity contribution in [3.05, 3.63) is 0 Å². The van der Waals surface area contributed by atoms with Crippen molar-refractivity contribution in [1.82, 2.24) is 0 Å². The summed E-state index contributed by atoms with van der Waals surface area (Å²) in [6.45, 7) is -0.0926. The summed E-state index contributed by atoms with van der Waals surface area (Å²) in [5, 5.41) is 0. The minimum Gasteiger partial charge on any atom is -0.102 e. The number of rotatable bonds is 0. The highest BCUT2D eigenvalue weighted by Gasteiger charge is 1.68. The Bertz CT molecular complexity index is 4.75. The SMILES string of the molecule is [PH]P([PH])P. The maximum atomic E-state index is 3.25. The number of hydrogen-bond donors (Lipinski definition) is 0. The molecule has 0 aromatic heterocycles. The van der Waals surface area contributed by atoms with Crippen LogP contribution < -0.4 is 0 Å². The van der Waals surface area contributed by atoms with Gasteiger partial charge in [-0.15, -0.1) is 8.93 Å². The Morgan fingerprint density at radius 1 is 1.50 bits per heavy atom. The Hall–Kier alpha value is 1.72. The highest BCUT2D eigenvalue weighted by molar-refractivity contribution is 8.65. The van der Waals surface area contributed by atoms with E-state index < -0.39 is 0 Å². The van der Waals surface area contributed by atoms with E-state index in [-0.39, 0.29) is 6.99 Å². The largest absolute Gasteiger partial charge is 0.102 e. The van der Waals surface area contributed by atoms with Crippen LogP contribution in [0, 0.1) is 0 Å². The average molecular weight is 128 g/mol. The summed E-state index contributed by atoms with van der Waals surface area (Å²) >= 11 is 0. The highest BCUT2D eigenvalue weighted by atomic mass is 32.7. The van der Waals surface area contributed by atoms with Gasteiger partial charge in [0.1, 0.15) is 0 Å². The van der Waals surface area contributed by atoms with E-state index in [1.807, 2.05) is 0 Å². The molecule has 0 bridgehead atoms. The fraction of sp³-hybridized carbons (Fsp3) is 0. The van der Waals surface area contributed by atoms with E-state index in [0.29, 0.717) is 0 Å². The van der Waals surface area contributed by atoms with Crippen molar-refractivity contribution in [2.45, 2.75) is 0 Å². The van der Waals surface area contributed by atoms with Crippen molar-refractivity contribution < 1.29 is 0 Å². The molecule has 0 fully saturated rings. The van der Waals surface area contributed by atoms with Crippen molar-refractivity contribution in [2.24, 2.45) is 0 Å². The van der Waals surface area contributed by atoms with Crippen LogP contribution >= 0.6 is 33.8 Å². The molecule has 0 aliphatic rings. The molecule has 0 N–H and O–H groups in total. The number of hydrogen-bond acceptors (Lipinski definition) is 0. The van der Waals surface area contributed by atoms with Gasteiger partial charge in [-0.25, -0.2) is 0 Å². The molecule has 0 nitrogen and oxygen atoms in total. The predicted octanol–water partition coefficient (Wildman–Crippen LogP) is 2.37. The van der Waals surface area contributed by atoms with E-state index in [2.05, 4.69) is 26.8 Å². The van der Waals surface area contributed by atoms with Gasteiger partial charge in [0, 0.05) is 0 Å². The zero-order valence-electron chi connectivity index (χ0n) is 2.02. The van der Waals surface area contributed by atoms with E-state index in [1.165, 1.54) is 0 Å². The molecule has 2 radical (unpaired) electrons. The normalized spacial score (nSPS) is 9.00. The summed E-state index contributed by atoms with van der Waals surface area (Å²) in [5.74, 6) is 0. The lowest BCUT2D eigenvalue weighted by Gasteiger charge is -1.79. The van der Waals surface area contributed by atoms with Crippen molar-refractivity contribution in [1.29, 1.82) is 0 Å². The standard InChI is InChI=1S/H4P4/c1-4(2)3/h1-2H,3H2. The van der Waals surface area contributed by atoms with Gasteiger partial charge in [0.25, 0.3) is 0 Å². The molecule has 24 valence electrons. The molecule has 0 aliphatic heterocycles. The molecule has 0 rings (SSSR count). The molecule has 1 unspecified atom stereocenters. The topological polar surface area (TPSA) is 0 Å². The third-order valence-electron chi connectivity index (χ3n) is 0. The maximum absolute atomic E-state index is 3.25. The first-order valence-electron chi connectivity index (χ1n) is 0.705. The fourth-order valence-corrected chi connectivity index (χ4v) is 0. The lowest BCUT2D eigenvalue weighted by molar-refractivity contribution is 5.19. The average Bonchev–Trinajstić information content (AvgIpc) is 0.811. The summed E-state index contributed by atoms with van der Waals surface area (Å²) in [6.07, 6.45) is 0. The van der Waals surface area contributed by atoms with Crippen LogP contribution in [0.4, 0.5) is 0 Å². The Labute approximate surface area is 34.5 Å². The summed E-state index contributed by atoms with van der Waals surface area (Å²) in [7, 11) is 9.06. The van der Waals surface area contributed by atoms with Crippen molar-refractivity contribution in [3.63, 3.8) is 0 Å². The first-order chi connectivity index (χ1) is 1.73. The molecule has 0 heterocycles. The predicted molar refractivity (Wildman–Crippen MR) is 33.3 cm³/mol. The van der Waals surface area contributed by atoms with Crippen LogP contribution in [0.5, 0.6) is 0 Å². The van der Waals surface area contributed by atoms with Crippen LogP contribution in [0.15, 0.2) is 0 Å². The third-order valence-corrected chi connectivity index (χ3v) is 0. The lowest BCUT2D eigenvalue weighted by atomic mass is 29.2. The molecule has 4 heteroatoms. The van der Waals surface area contributed by atoms with E-state index >= 15 is 0 Å². The second-order valence-corrected chi connectivity index (χ2v) is 9.99. The molecule has 0 spiro atoms. The highest BCUT2D eigenvalue weighted by Crippen LogP contribution is 2.59. The first-order valence-corrected chi connectivity index (χ1v) is 6.35. The molecule has 0 amide bonds. The zero-order valence-corrected chi connectivity index (χ0v) is 6.07. The molecule has 1 atom stereocenters. The van der Waals surface area contributed by atoms with Gasteiger partial charge in [-0.05, 0) is 6.99 Å². The molecular formula is H4P4. The molecule has 4 heavy (non-hydrogen) atoms. The zero-order chi connectivity index (χ0) is 3.58. The molecule has 0 aliphatic carbocycles. The van der Waals surface area contributed by atoms with Crippen LogP contribution in [0.2, 0.25) is 0 Å². The van der Waals surface area contributed by atoms with Crippen molar-refractivity contribution in [2.75, 3.05) is 0 Å². The van der Waals surface area contributed by atoms with Crippen LogP contribution in [0.25, 0.3) is 0 Å². The van der Waals surface area contributed by atoms with Crippen LogP contribution in [0.3, 0.4) is 0 Å². The van der Waals surface area contributed by atoms with E-state index in [4.69, 9.17) is 0 Å². The quantitative estimate of drug-likeness (QED) is 0.439. The van der Waals surface area contributed by atoms with Gasteiger partial charge in [-0.3, -0.25) is 0 Å². The van der Waals surface area contributed by atoms with Crippen molar-refractivity contribution in [3.8, 4) is 0 Å². The second-order valence-electron chi connectivity index (χ2n) is 0.370. The molecule has 0 aromatic carbocycles. The van der Waals surface area contributed by atoms with Gasteiger partial charge in [0.15, 0.2) is 0 Å². The second kappa shape index (κ2) is 2.93. The minimum absolute atomic E-state index is 0.0926. The van der Waals surface area contributed by atoms with Crippen LogP contribution in [-0.2, 0) is 0 Å². The Morgan fingerprint density at radius 3 is 1.50 bits per heavy atom. The molecular weight excluding hydrogens is 124 g/mol. The first kappa shape index (κ1) is 5.72. The van der Waals surface area contributed by atoms with Crippen LogP contribution in [0.1, 0.15) is 0 Å². The van der Waals surface area contributed by atoms with Gasteiger partial charge in [0.05, 0.1) is 0 Å². The fourth-order valence-electron chi connectivity index (χ4n) is 0. The molecule has 0 aromatic rings. The van der Waals surface area contributed by atoms with Gasteiger partial charge < -0.3 is 0 Å². The van der Waals surface area contributed by atoms with Crippen molar-refractivity contribution >= 4 is 33.8 Å². The maximum Gasteiger partial charge on any atom is -0.0345 e. The van der Waals surface area contributed by atoms with E-state index in [9.17, 15) is 0 Å². The van der Waals surface area contributed by atoms with Crippen LogP contribution in [-0.4, -0.2) is 0 Å². The van der Waals surface area contributed by atoms with Gasteiger partial charge in [-0.2, -0.15) is 0 Å². The summed E-state index contributed by atoms with van der Waals surface area (Å²) in [6, 6.07) is 0. The summed E-state index contributed by atoms with van der Waals surface area (Å²) < 4.78 is 0. The smallest absolute Gasteiger partial charge is 0.0345 e. The van der Waals surface area contributed by atoms with Gasteiger partial charge >= 0.3 is 0 Å². The van der Waals surface area contributed by atoms with Gasteiger partial charge in [-0.1, -0.05) is 17.9 Å². The van der Waals surface area contributed by atoms with Gasteiger partial charge in [0.2, 0.25) is 0 Å².